The van der Waals surface area contributed by atoms with Crippen LogP contribution in [0.25, 0.3) is 22.5 Å². The van der Waals surface area contributed by atoms with Gasteiger partial charge in [0.25, 0.3) is 0 Å². The summed E-state index contributed by atoms with van der Waals surface area (Å²) in [6.45, 7) is 8.40. The van der Waals surface area contributed by atoms with Gasteiger partial charge < -0.3 is 9.97 Å². The Balaban J connectivity index is 2.07. The summed E-state index contributed by atoms with van der Waals surface area (Å²) in [6.07, 6.45) is 5.25. The maximum Gasteiger partial charge on any atom is 0.166 e. The summed E-state index contributed by atoms with van der Waals surface area (Å²) in [7, 11) is 0. The Kier molecular flexibility index (Phi) is 5.98. The molecule has 0 aliphatic rings. The summed E-state index contributed by atoms with van der Waals surface area (Å²) in [4.78, 5) is 29.5. The Bertz CT molecular complexity index is 910. The van der Waals surface area contributed by atoms with Gasteiger partial charge in [0.1, 0.15) is 0 Å². The van der Waals surface area contributed by atoms with E-state index in [1.807, 2.05) is 0 Å². The lowest BCUT2D eigenvalue weighted by Gasteiger charge is -2.07. The second-order valence-corrected chi connectivity index (χ2v) is 6.97. The van der Waals surface area contributed by atoms with Crippen LogP contribution in [-0.2, 0) is 25.7 Å². The quantitative estimate of drug-likeness (QED) is 0.506. The number of aldehydes is 2. The van der Waals surface area contributed by atoms with Crippen molar-refractivity contribution in [2.75, 3.05) is 0 Å². The van der Waals surface area contributed by atoms with Crippen molar-refractivity contribution in [1.29, 1.82) is 0 Å². The molecule has 0 aliphatic heterocycles. The molecule has 4 nitrogen and oxygen atoms in total. The van der Waals surface area contributed by atoms with Gasteiger partial charge in [-0.25, -0.2) is 0 Å². The van der Waals surface area contributed by atoms with E-state index in [1.54, 1.807) is 0 Å². The third-order valence-corrected chi connectivity index (χ3v) is 5.61. The van der Waals surface area contributed by atoms with Crippen molar-refractivity contribution in [2.45, 2.75) is 53.4 Å². The summed E-state index contributed by atoms with van der Waals surface area (Å²) in [5.74, 6) is 0. The van der Waals surface area contributed by atoms with E-state index in [1.165, 1.54) is 11.1 Å². The maximum atomic E-state index is 11.4. The van der Waals surface area contributed by atoms with Crippen LogP contribution in [0.3, 0.4) is 0 Å². The van der Waals surface area contributed by atoms with Crippen LogP contribution in [0.1, 0.15) is 70.9 Å². The van der Waals surface area contributed by atoms with Gasteiger partial charge in [-0.1, -0.05) is 52.0 Å². The van der Waals surface area contributed by atoms with Crippen molar-refractivity contribution in [1.82, 2.24) is 9.97 Å². The highest BCUT2D eigenvalue weighted by molar-refractivity contribution is 5.83. The number of hydrogen-bond acceptors (Lipinski definition) is 2. The highest BCUT2D eigenvalue weighted by atomic mass is 16.1. The van der Waals surface area contributed by atoms with E-state index in [2.05, 4.69) is 61.9 Å². The molecule has 2 heterocycles. The lowest BCUT2D eigenvalue weighted by molar-refractivity contribution is 0.111. The minimum atomic E-state index is 0.680. The van der Waals surface area contributed by atoms with Crippen LogP contribution >= 0.6 is 0 Å². The van der Waals surface area contributed by atoms with Crippen LogP contribution in [0.15, 0.2) is 24.3 Å². The molecule has 0 saturated heterocycles. The fourth-order valence-corrected chi connectivity index (χ4v) is 4.28. The standard InChI is InChI=1S/C24H28N2O2/c1-5-17-19(7-3)23(25-21(17)13-27)15-9-11-16(12-10-15)24-20(8-4)18(6-2)22(14-28)26-24/h9-14,25-26H,5-8H2,1-4H3. The van der Waals surface area contributed by atoms with Gasteiger partial charge in [-0.3, -0.25) is 9.59 Å². The molecule has 0 spiro atoms. The van der Waals surface area contributed by atoms with E-state index in [0.717, 1.165) is 71.9 Å². The van der Waals surface area contributed by atoms with Gasteiger partial charge in [-0.15, -0.1) is 0 Å². The third-order valence-electron chi connectivity index (χ3n) is 5.61. The Morgan fingerprint density at radius 2 is 0.929 bits per heavy atom. The van der Waals surface area contributed by atoms with Gasteiger partial charge >= 0.3 is 0 Å². The first-order valence-electron chi connectivity index (χ1n) is 10.1. The number of aromatic amines is 2. The molecule has 0 fully saturated rings. The molecule has 0 radical (unpaired) electrons. The minimum Gasteiger partial charge on any atom is -0.352 e. The highest BCUT2D eigenvalue weighted by Crippen LogP contribution is 2.33. The van der Waals surface area contributed by atoms with Crippen LogP contribution < -0.4 is 0 Å². The smallest absolute Gasteiger partial charge is 0.166 e. The second kappa shape index (κ2) is 8.42. The molecule has 3 rings (SSSR count). The summed E-state index contributed by atoms with van der Waals surface area (Å²) in [6, 6.07) is 8.34. The molecule has 0 amide bonds. The fraction of sp³-hybridized carbons (Fsp3) is 0.333. The van der Waals surface area contributed by atoms with Crippen LogP contribution in [0.5, 0.6) is 0 Å². The van der Waals surface area contributed by atoms with Crippen molar-refractivity contribution >= 4 is 12.6 Å². The summed E-state index contributed by atoms with van der Waals surface area (Å²) in [5, 5.41) is 0. The van der Waals surface area contributed by atoms with E-state index >= 15 is 0 Å². The zero-order chi connectivity index (χ0) is 20.3. The third kappa shape index (κ3) is 3.24. The number of H-pyrrole nitrogens is 2. The number of carbonyl (C=O) groups excluding carboxylic acids is 2. The number of benzene rings is 1. The van der Waals surface area contributed by atoms with Crippen LogP contribution in [0.2, 0.25) is 0 Å². The fourth-order valence-electron chi connectivity index (χ4n) is 4.28. The lowest BCUT2D eigenvalue weighted by Crippen LogP contribution is -1.91. The van der Waals surface area contributed by atoms with Crippen LogP contribution in [0, 0.1) is 0 Å². The normalized spacial score (nSPS) is 11.0. The Hall–Kier alpha value is -2.88. The first-order chi connectivity index (χ1) is 13.6. The predicted octanol–water partition coefficient (Wildman–Crippen LogP) is 5.55. The molecule has 1 aromatic carbocycles. The monoisotopic (exact) mass is 376 g/mol. The Morgan fingerprint density at radius 1 is 0.607 bits per heavy atom. The average molecular weight is 377 g/mol. The molecule has 0 aliphatic carbocycles. The number of rotatable bonds is 8. The van der Waals surface area contributed by atoms with E-state index in [9.17, 15) is 9.59 Å². The zero-order valence-corrected chi connectivity index (χ0v) is 17.1. The van der Waals surface area contributed by atoms with Gasteiger partial charge in [-0.05, 0) is 59.1 Å². The molecule has 2 aromatic heterocycles. The molecule has 0 saturated carbocycles. The van der Waals surface area contributed by atoms with Gasteiger partial charge in [0.15, 0.2) is 12.6 Å². The van der Waals surface area contributed by atoms with Gasteiger partial charge in [0.2, 0.25) is 0 Å². The summed E-state index contributed by atoms with van der Waals surface area (Å²) >= 11 is 0. The SMILES string of the molecule is CCc1c(C=O)[nH]c(-c2ccc(-c3[nH]c(C=O)c(CC)c3CC)cc2)c1CC. The molecule has 0 unspecified atom stereocenters. The van der Waals surface area contributed by atoms with Crippen molar-refractivity contribution < 1.29 is 9.59 Å². The van der Waals surface area contributed by atoms with Gasteiger partial charge in [0, 0.05) is 11.4 Å². The lowest BCUT2D eigenvalue weighted by atomic mass is 9.97. The Morgan fingerprint density at radius 3 is 1.18 bits per heavy atom. The summed E-state index contributed by atoms with van der Waals surface area (Å²) < 4.78 is 0. The summed E-state index contributed by atoms with van der Waals surface area (Å²) in [5.41, 5.74) is 10.2. The number of hydrogen-bond donors (Lipinski definition) is 2. The molecule has 4 heteroatoms. The van der Waals surface area contributed by atoms with Gasteiger partial charge in [-0.2, -0.15) is 0 Å². The van der Waals surface area contributed by atoms with Crippen LogP contribution in [-0.4, -0.2) is 22.5 Å². The topological polar surface area (TPSA) is 65.7 Å². The molecular weight excluding hydrogens is 348 g/mol. The zero-order valence-electron chi connectivity index (χ0n) is 17.1. The van der Waals surface area contributed by atoms with Crippen molar-refractivity contribution in [2.24, 2.45) is 0 Å². The first-order valence-corrected chi connectivity index (χ1v) is 10.1. The largest absolute Gasteiger partial charge is 0.352 e. The predicted molar refractivity (Wildman–Crippen MR) is 114 cm³/mol. The van der Waals surface area contributed by atoms with Crippen molar-refractivity contribution in [3.8, 4) is 22.5 Å². The molecule has 3 aromatic rings. The van der Waals surface area contributed by atoms with Crippen molar-refractivity contribution in [3.05, 3.63) is 57.9 Å². The second-order valence-electron chi connectivity index (χ2n) is 6.97. The number of carbonyl (C=O) groups is 2. The molecule has 0 atom stereocenters. The van der Waals surface area contributed by atoms with Crippen molar-refractivity contribution in [3.63, 3.8) is 0 Å². The molecule has 28 heavy (non-hydrogen) atoms. The van der Waals surface area contributed by atoms with Crippen LogP contribution in [0.4, 0.5) is 0 Å². The van der Waals surface area contributed by atoms with E-state index in [-0.39, 0.29) is 0 Å². The molecular formula is C24H28N2O2. The average Bonchev–Trinajstić information content (AvgIpc) is 3.30. The first kappa shape index (κ1) is 19.9. The highest BCUT2D eigenvalue weighted by Gasteiger charge is 2.18. The number of nitrogens with one attached hydrogen (secondary N) is 2. The molecule has 146 valence electrons. The van der Waals surface area contributed by atoms with E-state index in [0.29, 0.717) is 11.4 Å². The molecule has 0 bridgehead atoms. The van der Waals surface area contributed by atoms with Gasteiger partial charge in [0.05, 0.1) is 11.4 Å². The maximum absolute atomic E-state index is 11.4. The number of aromatic nitrogens is 2. The van der Waals surface area contributed by atoms with E-state index < -0.39 is 0 Å². The molecule has 2 N–H and O–H groups in total. The van der Waals surface area contributed by atoms with E-state index in [4.69, 9.17) is 0 Å². The Labute approximate surface area is 166 Å². The minimum absolute atomic E-state index is 0.680.